The molecule has 0 aromatic carbocycles. The summed E-state index contributed by atoms with van der Waals surface area (Å²) in [5, 5.41) is 0. The maximum atomic E-state index is 3.98. The Morgan fingerprint density at radius 1 is 1.33 bits per heavy atom. The third kappa shape index (κ3) is 2.85. The van der Waals surface area contributed by atoms with Crippen molar-refractivity contribution in [3.8, 4) is 0 Å². The van der Waals surface area contributed by atoms with Crippen molar-refractivity contribution < 1.29 is 0 Å². The van der Waals surface area contributed by atoms with Crippen molar-refractivity contribution in [2.45, 2.75) is 64.1 Å². The third-order valence-corrected chi connectivity index (χ3v) is 7.36. The number of thiophene rings is 1. The van der Waals surface area contributed by atoms with Gasteiger partial charge in [-0.1, -0.05) is 57.0 Å². The second kappa shape index (κ2) is 4.94. The van der Waals surface area contributed by atoms with Crippen LogP contribution >= 0.6 is 27.3 Å². The Morgan fingerprint density at radius 3 is 2.44 bits per heavy atom. The molecule has 2 atom stereocenters. The molecule has 0 bridgehead atoms. The molecule has 1 aliphatic rings. The van der Waals surface area contributed by atoms with Gasteiger partial charge in [-0.15, -0.1) is 11.3 Å². The SMILES string of the molecule is CC(C)(C)c1ccc(C(Br)C2CCCC2(C)C)s1. The molecule has 102 valence electrons. The quantitative estimate of drug-likeness (QED) is 0.558. The molecule has 0 N–H and O–H groups in total. The van der Waals surface area contributed by atoms with E-state index in [-0.39, 0.29) is 5.41 Å². The Kier molecular flexibility index (Phi) is 4.00. The normalized spacial score (nSPS) is 25.3. The van der Waals surface area contributed by atoms with E-state index in [1.165, 1.54) is 29.0 Å². The fourth-order valence-electron chi connectivity index (χ4n) is 3.00. The standard InChI is InChI=1S/C16H25BrS/c1-15(2,3)13-9-8-12(18-13)14(17)11-7-6-10-16(11,4)5/h8-9,11,14H,6-7,10H2,1-5H3. The molecule has 2 unspecified atom stereocenters. The predicted octanol–water partition coefficient (Wildman–Crippen LogP) is 6.31. The van der Waals surface area contributed by atoms with Gasteiger partial charge in [0.25, 0.3) is 0 Å². The molecule has 1 saturated carbocycles. The van der Waals surface area contributed by atoms with E-state index in [1.54, 1.807) is 0 Å². The van der Waals surface area contributed by atoms with Crippen molar-refractivity contribution in [2.24, 2.45) is 11.3 Å². The molecule has 1 aliphatic carbocycles. The second-order valence-electron chi connectivity index (χ2n) is 7.34. The van der Waals surface area contributed by atoms with Crippen molar-refractivity contribution in [1.82, 2.24) is 0 Å². The average Bonchev–Trinajstić information content (AvgIpc) is 2.81. The molecule has 1 heterocycles. The lowest BCUT2D eigenvalue weighted by atomic mass is 9.80. The van der Waals surface area contributed by atoms with E-state index in [4.69, 9.17) is 0 Å². The highest BCUT2D eigenvalue weighted by molar-refractivity contribution is 9.09. The molecule has 1 aromatic rings. The summed E-state index contributed by atoms with van der Waals surface area (Å²) in [7, 11) is 0. The Bertz CT molecular complexity index is 411. The van der Waals surface area contributed by atoms with Gasteiger partial charge in [0.05, 0.1) is 4.83 Å². The van der Waals surface area contributed by atoms with E-state index in [2.05, 4.69) is 62.7 Å². The highest BCUT2D eigenvalue weighted by Gasteiger charge is 2.39. The third-order valence-electron chi connectivity index (χ3n) is 4.33. The minimum atomic E-state index is 0.279. The summed E-state index contributed by atoms with van der Waals surface area (Å²) < 4.78 is 0. The molecule has 2 rings (SSSR count). The largest absolute Gasteiger partial charge is 0.144 e. The topological polar surface area (TPSA) is 0 Å². The number of hydrogen-bond acceptors (Lipinski definition) is 1. The van der Waals surface area contributed by atoms with Gasteiger partial charge in [-0.25, -0.2) is 0 Å². The summed E-state index contributed by atoms with van der Waals surface area (Å²) in [6.07, 6.45) is 4.13. The first-order chi connectivity index (χ1) is 8.22. The molecule has 0 radical (unpaired) electrons. The Hall–Kier alpha value is 0.180. The highest BCUT2D eigenvalue weighted by atomic mass is 79.9. The zero-order valence-electron chi connectivity index (χ0n) is 12.2. The van der Waals surface area contributed by atoms with Crippen LogP contribution in [-0.2, 0) is 5.41 Å². The van der Waals surface area contributed by atoms with Crippen molar-refractivity contribution in [3.63, 3.8) is 0 Å². The summed E-state index contributed by atoms with van der Waals surface area (Å²) in [6, 6.07) is 4.65. The van der Waals surface area contributed by atoms with Crippen LogP contribution in [0.5, 0.6) is 0 Å². The van der Waals surface area contributed by atoms with Crippen molar-refractivity contribution in [1.29, 1.82) is 0 Å². The van der Waals surface area contributed by atoms with Crippen molar-refractivity contribution in [3.05, 3.63) is 21.9 Å². The molecular formula is C16H25BrS. The van der Waals surface area contributed by atoms with E-state index in [1.807, 2.05) is 11.3 Å². The summed E-state index contributed by atoms with van der Waals surface area (Å²) in [5.74, 6) is 0.781. The average molecular weight is 329 g/mol. The lowest BCUT2D eigenvalue weighted by Gasteiger charge is -2.30. The van der Waals surface area contributed by atoms with Gasteiger partial charge in [-0.05, 0) is 41.7 Å². The number of hydrogen-bond donors (Lipinski definition) is 0. The van der Waals surface area contributed by atoms with E-state index in [9.17, 15) is 0 Å². The van der Waals surface area contributed by atoms with Crippen LogP contribution in [0.3, 0.4) is 0 Å². The molecule has 2 heteroatoms. The zero-order chi connectivity index (χ0) is 13.6. The van der Waals surface area contributed by atoms with Gasteiger partial charge in [0.2, 0.25) is 0 Å². The number of halogens is 1. The van der Waals surface area contributed by atoms with Crippen LogP contribution in [0.4, 0.5) is 0 Å². The van der Waals surface area contributed by atoms with Crippen LogP contribution in [-0.4, -0.2) is 0 Å². The summed E-state index contributed by atoms with van der Waals surface area (Å²) >= 11 is 5.97. The first-order valence-electron chi connectivity index (χ1n) is 6.96. The molecule has 18 heavy (non-hydrogen) atoms. The van der Waals surface area contributed by atoms with Gasteiger partial charge in [0, 0.05) is 9.75 Å². The highest BCUT2D eigenvalue weighted by Crippen LogP contribution is 2.53. The molecule has 0 amide bonds. The zero-order valence-corrected chi connectivity index (χ0v) is 14.6. The Balaban J connectivity index is 2.19. The van der Waals surface area contributed by atoms with Gasteiger partial charge in [0.1, 0.15) is 0 Å². The van der Waals surface area contributed by atoms with Crippen LogP contribution in [0.2, 0.25) is 0 Å². The van der Waals surface area contributed by atoms with Gasteiger partial charge >= 0.3 is 0 Å². The number of rotatable bonds is 2. The first-order valence-corrected chi connectivity index (χ1v) is 8.69. The summed E-state index contributed by atoms with van der Waals surface area (Å²) in [6.45, 7) is 11.7. The monoisotopic (exact) mass is 328 g/mol. The maximum Gasteiger partial charge on any atom is 0.0522 e. The van der Waals surface area contributed by atoms with Crippen LogP contribution in [0, 0.1) is 11.3 Å². The fourth-order valence-corrected chi connectivity index (χ4v) is 5.52. The Morgan fingerprint density at radius 2 is 2.00 bits per heavy atom. The van der Waals surface area contributed by atoms with Crippen LogP contribution in [0.15, 0.2) is 12.1 Å². The summed E-state index contributed by atoms with van der Waals surface area (Å²) in [4.78, 5) is 3.55. The molecular weight excluding hydrogens is 304 g/mol. The van der Waals surface area contributed by atoms with Crippen LogP contribution < -0.4 is 0 Å². The lowest BCUT2D eigenvalue weighted by Crippen LogP contribution is -2.20. The van der Waals surface area contributed by atoms with Gasteiger partial charge in [-0.3, -0.25) is 0 Å². The van der Waals surface area contributed by atoms with E-state index >= 15 is 0 Å². The predicted molar refractivity (Wildman–Crippen MR) is 85.8 cm³/mol. The molecule has 0 spiro atoms. The van der Waals surface area contributed by atoms with E-state index < -0.39 is 0 Å². The number of alkyl halides is 1. The van der Waals surface area contributed by atoms with Crippen LogP contribution in [0.1, 0.15) is 68.5 Å². The Labute approximate surface area is 124 Å². The maximum absolute atomic E-state index is 3.98. The van der Waals surface area contributed by atoms with Crippen LogP contribution in [0.25, 0.3) is 0 Å². The first kappa shape index (κ1) is 14.6. The molecule has 1 aromatic heterocycles. The minimum Gasteiger partial charge on any atom is -0.144 e. The summed E-state index contributed by atoms with van der Waals surface area (Å²) in [5.41, 5.74) is 0.765. The van der Waals surface area contributed by atoms with Gasteiger partial charge in [-0.2, -0.15) is 0 Å². The second-order valence-corrected chi connectivity index (χ2v) is 9.44. The van der Waals surface area contributed by atoms with Crippen molar-refractivity contribution in [2.75, 3.05) is 0 Å². The fraction of sp³-hybridized carbons (Fsp3) is 0.750. The van der Waals surface area contributed by atoms with E-state index in [0.29, 0.717) is 10.2 Å². The lowest BCUT2D eigenvalue weighted by molar-refractivity contribution is 0.258. The molecule has 0 nitrogen and oxygen atoms in total. The van der Waals surface area contributed by atoms with E-state index in [0.717, 1.165) is 5.92 Å². The van der Waals surface area contributed by atoms with Crippen molar-refractivity contribution >= 4 is 27.3 Å². The molecule has 1 fully saturated rings. The van der Waals surface area contributed by atoms with Gasteiger partial charge < -0.3 is 0 Å². The smallest absolute Gasteiger partial charge is 0.0522 e. The van der Waals surface area contributed by atoms with Gasteiger partial charge in [0.15, 0.2) is 0 Å². The molecule has 0 aliphatic heterocycles. The minimum absolute atomic E-state index is 0.279. The molecule has 0 saturated heterocycles.